The molecule has 0 spiro atoms. The number of rotatable bonds is 4. The van der Waals surface area contributed by atoms with Crippen molar-refractivity contribution in [2.24, 2.45) is 0 Å². The fourth-order valence-corrected chi connectivity index (χ4v) is 4.73. The molecule has 1 N–H and O–H groups in total. The summed E-state index contributed by atoms with van der Waals surface area (Å²) in [5.74, 6) is 1.32. The number of thioether (sulfide) groups is 1. The second-order valence-electron chi connectivity index (χ2n) is 5.49. The summed E-state index contributed by atoms with van der Waals surface area (Å²) in [6.45, 7) is 0.871. The zero-order valence-electron chi connectivity index (χ0n) is 11.6. The van der Waals surface area contributed by atoms with Gasteiger partial charge in [-0.25, -0.2) is 0 Å². The van der Waals surface area contributed by atoms with Crippen LogP contribution in [0.5, 0.6) is 0 Å². The molecule has 3 unspecified atom stereocenters. The first-order chi connectivity index (χ1) is 9.38. The van der Waals surface area contributed by atoms with Gasteiger partial charge in [0.1, 0.15) is 0 Å². The van der Waals surface area contributed by atoms with Crippen LogP contribution in [0.1, 0.15) is 36.5 Å². The highest BCUT2D eigenvalue weighted by molar-refractivity contribution is 8.00. The van der Waals surface area contributed by atoms with Gasteiger partial charge in [0.25, 0.3) is 0 Å². The minimum absolute atomic E-state index is 0.281. The van der Waals surface area contributed by atoms with Crippen LogP contribution < -0.4 is 5.32 Å². The van der Waals surface area contributed by atoms with E-state index in [1.54, 1.807) is 0 Å². The molecule has 19 heavy (non-hydrogen) atoms. The predicted octanol–water partition coefficient (Wildman–Crippen LogP) is 3.17. The van der Waals surface area contributed by atoms with Gasteiger partial charge in [-0.05, 0) is 49.6 Å². The SMILES string of the molecule is CNC(CC1OCCc2ccccc21)C1CCCS1. The van der Waals surface area contributed by atoms with Gasteiger partial charge in [-0.15, -0.1) is 0 Å². The third-order valence-corrected chi connectivity index (χ3v) is 5.86. The monoisotopic (exact) mass is 277 g/mol. The molecule has 0 bridgehead atoms. The molecule has 1 aromatic rings. The molecule has 0 aliphatic carbocycles. The van der Waals surface area contributed by atoms with Crippen LogP contribution in [0.15, 0.2) is 24.3 Å². The Bertz CT molecular complexity index is 417. The standard InChI is InChI=1S/C16H23NOS/c1-17-14(16-7-4-10-19-16)11-15-13-6-3-2-5-12(13)8-9-18-15/h2-3,5-6,14-17H,4,7-11H2,1H3. The number of fused-ring (bicyclic) bond motifs is 1. The number of nitrogens with one attached hydrogen (secondary N) is 1. The van der Waals surface area contributed by atoms with Gasteiger partial charge in [0.15, 0.2) is 0 Å². The predicted molar refractivity (Wildman–Crippen MR) is 81.8 cm³/mol. The van der Waals surface area contributed by atoms with Crippen molar-refractivity contribution in [3.63, 3.8) is 0 Å². The molecule has 0 amide bonds. The van der Waals surface area contributed by atoms with Gasteiger partial charge in [0, 0.05) is 11.3 Å². The third-order valence-electron chi connectivity index (χ3n) is 4.34. The molecule has 2 heterocycles. The minimum atomic E-state index is 0.281. The van der Waals surface area contributed by atoms with Crippen molar-refractivity contribution >= 4 is 11.8 Å². The van der Waals surface area contributed by atoms with Crippen LogP contribution in [0.4, 0.5) is 0 Å². The quantitative estimate of drug-likeness (QED) is 0.913. The maximum Gasteiger partial charge on any atom is 0.0843 e. The van der Waals surface area contributed by atoms with Crippen molar-refractivity contribution in [3.8, 4) is 0 Å². The van der Waals surface area contributed by atoms with Gasteiger partial charge in [-0.3, -0.25) is 0 Å². The van der Waals surface area contributed by atoms with Crippen molar-refractivity contribution in [2.45, 2.75) is 43.1 Å². The zero-order chi connectivity index (χ0) is 13.1. The van der Waals surface area contributed by atoms with E-state index in [2.05, 4.69) is 48.4 Å². The highest BCUT2D eigenvalue weighted by atomic mass is 32.2. The van der Waals surface area contributed by atoms with Crippen LogP contribution in [-0.2, 0) is 11.2 Å². The fourth-order valence-electron chi connectivity index (χ4n) is 3.28. The normalized spacial score (nSPS) is 28.1. The summed E-state index contributed by atoms with van der Waals surface area (Å²) >= 11 is 2.13. The Labute approximate surface area is 120 Å². The molecule has 0 radical (unpaired) electrons. The van der Waals surface area contributed by atoms with E-state index in [1.807, 2.05) is 0 Å². The largest absolute Gasteiger partial charge is 0.373 e. The lowest BCUT2D eigenvalue weighted by molar-refractivity contribution is 0.0298. The van der Waals surface area contributed by atoms with Crippen LogP contribution in [0, 0.1) is 0 Å². The molecule has 1 fully saturated rings. The van der Waals surface area contributed by atoms with Crippen molar-refractivity contribution in [2.75, 3.05) is 19.4 Å². The second-order valence-corrected chi connectivity index (χ2v) is 6.84. The van der Waals surface area contributed by atoms with E-state index >= 15 is 0 Å². The van der Waals surface area contributed by atoms with E-state index < -0.39 is 0 Å². The molecule has 1 saturated heterocycles. The molecule has 3 rings (SSSR count). The van der Waals surface area contributed by atoms with E-state index in [0.717, 1.165) is 24.7 Å². The van der Waals surface area contributed by atoms with Crippen molar-refractivity contribution in [3.05, 3.63) is 35.4 Å². The third kappa shape index (κ3) is 2.99. The molecule has 3 heteroatoms. The second kappa shape index (κ2) is 6.29. The number of hydrogen-bond donors (Lipinski definition) is 1. The lowest BCUT2D eigenvalue weighted by atomic mass is 9.92. The van der Waals surface area contributed by atoms with E-state index in [0.29, 0.717) is 6.04 Å². The highest BCUT2D eigenvalue weighted by Crippen LogP contribution is 2.35. The van der Waals surface area contributed by atoms with Gasteiger partial charge < -0.3 is 10.1 Å². The summed E-state index contributed by atoms with van der Waals surface area (Å²) in [5, 5.41) is 4.29. The topological polar surface area (TPSA) is 21.3 Å². The molecular formula is C16H23NOS. The maximum atomic E-state index is 6.05. The van der Waals surface area contributed by atoms with Crippen LogP contribution >= 0.6 is 11.8 Å². The smallest absolute Gasteiger partial charge is 0.0843 e. The van der Waals surface area contributed by atoms with Crippen LogP contribution in [0.3, 0.4) is 0 Å². The van der Waals surface area contributed by atoms with Crippen LogP contribution in [-0.4, -0.2) is 30.7 Å². The summed E-state index contributed by atoms with van der Waals surface area (Å²) in [7, 11) is 2.10. The lowest BCUT2D eigenvalue weighted by Gasteiger charge is -2.31. The van der Waals surface area contributed by atoms with Crippen LogP contribution in [0.25, 0.3) is 0 Å². The average Bonchev–Trinajstić information content (AvgIpc) is 2.99. The van der Waals surface area contributed by atoms with Gasteiger partial charge in [-0.2, -0.15) is 11.8 Å². The van der Waals surface area contributed by atoms with Crippen molar-refractivity contribution in [1.29, 1.82) is 0 Å². The first kappa shape index (κ1) is 13.5. The molecule has 0 aromatic heterocycles. The first-order valence-electron chi connectivity index (χ1n) is 7.37. The van der Waals surface area contributed by atoms with Gasteiger partial charge in [-0.1, -0.05) is 24.3 Å². The summed E-state index contributed by atoms with van der Waals surface area (Å²) in [4.78, 5) is 0. The van der Waals surface area contributed by atoms with Gasteiger partial charge in [0.05, 0.1) is 12.7 Å². The average molecular weight is 277 g/mol. The Balaban J connectivity index is 1.72. The lowest BCUT2D eigenvalue weighted by Crippen LogP contribution is -2.37. The summed E-state index contributed by atoms with van der Waals surface area (Å²) in [6, 6.07) is 9.35. The maximum absolute atomic E-state index is 6.05. The zero-order valence-corrected chi connectivity index (χ0v) is 12.4. The Morgan fingerprint density at radius 3 is 3.11 bits per heavy atom. The van der Waals surface area contributed by atoms with Gasteiger partial charge in [0.2, 0.25) is 0 Å². The summed E-state index contributed by atoms with van der Waals surface area (Å²) in [6.07, 6.45) is 5.17. The molecule has 3 atom stereocenters. The molecular weight excluding hydrogens is 254 g/mol. The van der Waals surface area contributed by atoms with Gasteiger partial charge >= 0.3 is 0 Å². The Morgan fingerprint density at radius 2 is 2.32 bits per heavy atom. The van der Waals surface area contributed by atoms with Crippen molar-refractivity contribution < 1.29 is 4.74 Å². The molecule has 2 aliphatic rings. The number of hydrogen-bond acceptors (Lipinski definition) is 3. The van der Waals surface area contributed by atoms with E-state index in [9.17, 15) is 0 Å². The minimum Gasteiger partial charge on any atom is -0.373 e. The molecule has 104 valence electrons. The Morgan fingerprint density at radius 1 is 1.42 bits per heavy atom. The highest BCUT2D eigenvalue weighted by Gasteiger charge is 2.29. The number of benzene rings is 1. The fraction of sp³-hybridized carbons (Fsp3) is 0.625. The Kier molecular flexibility index (Phi) is 4.46. The molecule has 2 nitrogen and oxygen atoms in total. The Hall–Kier alpha value is -0.510. The summed E-state index contributed by atoms with van der Waals surface area (Å²) < 4.78 is 6.05. The van der Waals surface area contributed by atoms with E-state index in [-0.39, 0.29) is 6.10 Å². The van der Waals surface area contributed by atoms with E-state index in [1.165, 1.54) is 29.7 Å². The molecule has 0 saturated carbocycles. The molecule has 1 aromatic carbocycles. The first-order valence-corrected chi connectivity index (χ1v) is 8.41. The molecule has 2 aliphatic heterocycles. The van der Waals surface area contributed by atoms with Crippen LogP contribution in [0.2, 0.25) is 0 Å². The summed E-state index contributed by atoms with van der Waals surface area (Å²) in [5.41, 5.74) is 2.89. The van der Waals surface area contributed by atoms with Crippen molar-refractivity contribution in [1.82, 2.24) is 5.32 Å². The van der Waals surface area contributed by atoms with E-state index in [4.69, 9.17) is 4.74 Å². The number of ether oxygens (including phenoxy) is 1.